The largest absolute Gasteiger partial charge is 0.338 e. The summed E-state index contributed by atoms with van der Waals surface area (Å²) in [5.41, 5.74) is 8.11. The van der Waals surface area contributed by atoms with Crippen LogP contribution in [0.3, 0.4) is 0 Å². The van der Waals surface area contributed by atoms with Crippen LogP contribution in [-0.2, 0) is 11.0 Å². The van der Waals surface area contributed by atoms with E-state index in [2.05, 4.69) is 55.2 Å². The summed E-state index contributed by atoms with van der Waals surface area (Å²) in [4.78, 5) is 4.63. The zero-order valence-corrected chi connectivity index (χ0v) is 14.2. The highest BCUT2D eigenvalue weighted by molar-refractivity contribution is 5.85. The van der Waals surface area contributed by atoms with E-state index >= 15 is 0 Å². The normalized spacial score (nSPS) is 17.3. The van der Waals surface area contributed by atoms with E-state index < -0.39 is 5.54 Å². The Balaban J connectivity index is 0.00000176. The summed E-state index contributed by atoms with van der Waals surface area (Å²) in [7, 11) is 0. The Morgan fingerprint density at radius 1 is 1.14 bits per heavy atom. The van der Waals surface area contributed by atoms with Crippen molar-refractivity contribution in [2.24, 2.45) is 5.73 Å². The van der Waals surface area contributed by atoms with Crippen LogP contribution in [0, 0.1) is 6.92 Å². The molecule has 0 unspecified atom stereocenters. The monoisotopic (exact) mass is 321 g/mol. The molecular weight excluding hydrogens is 298 g/mol. The van der Waals surface area contributed by atoms with Gasteiger partial charge in [-0.1, -0.05) is 47.8 Å². The average molecular weight is 322 g/mol. The van der Waals surface area contributed by atoms with Gasteiger partial charge in [0.2, 0.25) is 5.89 Å². The average Bonchev–Trinajstić information content (AvgIpc) is 3.09. The summed E-state index contributed by atoms with van der Waals surface area (Å²) < 4.78 is 5.55. The van der Waals surface area contributed by atoms with E-state index in [1.807, 2.05) is 0 Å². The van der Waals surface area contributed by atoms with Crippen molar-refractivity contribution in [3.8, 4) is 0 Å². The molecule has 2 aromatic rings. The Hall–Kier alpha value is -1.39. The van der Waals surface area contributed by atoms with Crippen LogP contribution < -0.4 is 5.73 Å². The summed E-state index contributed by atoms with van der Waals surface area (Å²) in [6.07, 6.45) is 4.16. The Morgan fingerprint density at radius 2 is 1.73 bits per heavy atom. The van der Waals surface area contributed by atoms with Gasteiger partial charge in [-0.2, -0.15) is 4.98 Å². The number of hydrogen-bond donors (Lipinski definition) is 1. The fourth-order valence-electron chi connectivity index (χ4n) is 3.00. The third-order valence-electron chi connectivity index (χ3n) is 4.68. The second kappa shape index (κ2) is 6.01. The van der Waals surface area contributed by atoms with E-state index in [-0.39, 0.29) is 17.8 Å². The standard InChI is InChI=1S/C17H23N3O.ClH/c1-12-6-8-13(9-7-12)16(2,3)15-19-14(20-21-15)17(18)10-4-5-11-17;/h6-9H,4-5,10-11,18H2,1-3H3;1H. The molecule has 0 radical (unpaired) electrons. The van der Waals surface area contributed by atoms with E-state index in [9.17, 15) is 0 Å². The molecule has 1 fully saturated rings. The SMILES string of the molecule is Cc1ccc(C(C)(C)c2nc(C3(N)CCCC3)no2)cc1.Cl. The Morgan fingerprint density at radius 3 is 2.32 bits per heavy atom. The van der Waals surface area contributed by atoms with Crippen molar-refractivity contribution in [1.82, 2.24) is 10.1 Å². The van der Waals surface area contributed by atoms with E-state index in [0.717, 1.165) is 25.7 Å². The smallest absolute Gasteiger partial charge is 0.236 e. The number of rotatable bonds is 3. The number of hydrogen-bond acceptors (Lipinski definition) is 4. The van der Waals surface area contributed by atoms with E-state index in [1.54, 1.807) is 0 Å². The predicted octanol–water partition coefficient (Wildman–Crippen LogP) is 3.85. The molecule has 1 heterocycles. The molecule has 0 atom stereocenters. The summed E-state index contributed by atoms with van der Waals surface area (Å²) in [6.45, 7) is 6.29. The van der Waals surface area contributed by atoms with E-state index in [1.165, 1.54) is 11.1 Å². The molecule has 0 aliphatic heterocycles. The molecule has 1 aliphatic rings. The van der Waals surface area contributed by atoms with Crippen LogP contribution >= 0.6 is 12.4 Å². The van der Waals surface area contributed by atoms with Crippen molar-refractivity contribution in [3.63, 3.8) is 0 Å². The highest BCUT2D eigenvalue weighted by Crippen LogP contribution is 2.37. The first-order valence-electron chi connectivity index (χ1n) is 7.62. The molecule has 1 aromatic carbocycles. The van der Waals surface area contributed by atoms with Gasteiger partial charge >= 0.3 is 0 Å². The molecule has 1 aliphatic carbocycles. The van der Waals surface area contributed by atoms with Gasteiger partial charge in [0.05, 0.1) is 11.0 Å². The van der Waals surface area contributed by atoms with Gasteiger partial charge in [-0.15, -0.1) is 12.4 Å². The third kappa shape index (κ3) is 2.90. The molecule has 0 bridgehead atoms. The Labute approximate surface area is 137 Å². The molecule has 1 saturated carbocycles. The van der Waals surface area contributed by atoms with Gasteiger partial charge in [-0.05, 0) is 39.2 Å². The molecule has 0 amide bonds. The number of halogens is 1. The number of nitrogens with zero attached hydrogens (tertiary/aromatic N) is 2. The van der Waals surface area contributed by atoms with Crippen molar-refractivity contribution in [2.45, 2.75) is 57.4 Å². The van der Waals surface area contributed by atoms with Crippen LogP contribution in [0.1, 0.15) is 62.4 Å². The first-order chi connectivity index (χ1) is 9.92. The van der Waals surface area contributed by atoms with E-state index in [4.69, 9.17) is 10.3 Å². The molecule has 3 rings (SSSR count). The van der Waals surface area contributed by atoms with Crippen molar-refractivity contribution >= 4 is 12.4 Å². The predicted molar refractivity (Wildman–Crippen MR) is 89.2 cm³/mol. The van der Waals surface area contributed by atoms with Crippen LogP contribution in [-0.4, -0.2) is 10.1 Å². The van der Waals surface area contributed by atoms with Crippen molar-refractivity contribution in [2.75, 3.05) is 0 Å². The van der Waals surface area contributed by atoms with Gasteiger partial charge in [-0.3, -0.25) is 0 Å². The van der Waals surface area contributed by atoms with Crippen LogP contribution in [0.2, 0.25) is 0 Å². The van der Waals surface area contributed by atoms with Crippen LogP contribution in [0.25, 0.3) is 0 Å². The first-order valence-corrected chi connectivity index (χ1v) is 7.62. The minimum atomic E-state index is -0.398. The van der Waals surface area contributed by atoms with Crippen molar-refractivity contribution in [1.29, 1.82) is 0 Å². The number of aromatic nitrogens is 2. The van der Waals surface area contributed by atoms with E-state index in [0.29, 0.717) is 11.7 Å². The maximum absolute atomic E-state index is 6.41. The van der Waals surface area contributed by atoms with Gasteiger partial charge in [0, 0.05) is 0 Å². The highest BCUT2D eigenvalue weighted by atomic mass is 35.5. The van der Waals surface area contributed by atoms with Gasteiger partial charge in [-0.25, -0.2) is 0 Å². The zero-order chi connectivity index (χ0) is 15.1. The van der Waals surface area contributed by atoms with Gasteiger partial charge in [0.15, 0.2) is 5.82 Å². The quantitative estimate of drug-likeness (QED) is 0.932. The molecule has 2 N–H and O–H groups in total. The highest BCUT2D eigenvalue weighted by Gasteiger charge is 2.38. The maximum Gasteiger partial charge on any atom is 0.236 e. The van der Waals surface area contributed by atoms with Crippen molar-refractivity contribution in [3.05, 3.63) is 47.1 Å². The van der Waals surface area contributed by atoms with Crippen molar-refractivity contribution < 1.29 is 4.52 Å². The number of nitrogens with two attached hydrogens (primary N) is 1. The Bertz CT molecular complexity index is 628. The third-order valence-corrected chi connectivity index (χ3v) is 4.68. The molecule has 0 spiro atoms. The van der Waals surface area contributed by atoms with Crippen LogP contribution in [0.5, 0.6) is 0 Å². The maximum atomic E-state index is 6.41. The topological polar surface area (TPSA) is 64.9 Å². The minimum Gasteiger partial charge on any atom is -0.338 e. The summed E-state index contributed by atoms with van der Waals surface area (Å²) in [5.74, 6) is 1.30. The summed E-state index contributed by atoms with van der Waals surface area (Å²) in [6, 6.07) is 8.45. The lowest BCUT2D eigenvalue weighted by molar-refractivity contribution is 0.318. The lowest BCUT2D eigenvalue weighted by Gasteiger charge is -2.21. The first kappa shape index (κ1) is 17.0. The lowest BCUT2D eigenvalue weighted by atomic mass is 9.84. The summed E-state index contributed by atoms with van der Waals surface area (Å²) in [5, 5.41) is 4.17. The lowest BCUT2D eigenvalue weighted by Crippen LogP contribution is -2.34. The van der Waals surface area contributed by atoms with Gasteiger partial charge < -0.3 is 10.3 Å². The molecule has 120 valence electrons. The second-order valence-electron chi connectivity index (χ2n) is 6.78. The molecule has 0 saturated heterocycles. The molecular formula is C17H24ClN3O. The summed E-state index contributed by atoms with van der Waals surface area (Å²) >= 11 is 0. The van der Waals surface area contributed by atoms with Crippen LogP contribution in [0.4, 0.5) is 0 Å². The zero-order valence-electron chi connectivity index (χ0n) is 13.4. The molecule has 5 heteroatoms. The van der Waals surface area contributed by atoms with Crippen LogP contribution in [0.15, 0.2) is 28.8 Å². The Kier molecular flexibility index (Phi) is 4.64. The number of benzene rings is 1. The fraction of sp³-hybridized carbons (Fsp3) is 0.529. The molecule has 4 nitrogen and oxygen atoms in total. The molecule has 1 aromatic heterocycles. The number of aryl methyl sites for hydroxylation is 1. The van der Waals surface area contributed by atoms with Gasteiger partial charge in [0.1, 0.15) is 0 Å². The minimum absolute atomic E-state index is 0. The fourth-order valence-corrected chi connectivity index (χ4v) is 3.00. The van der Waals surface area contributed by atoms with Gasteiger partial charge in [0.25, 0.3) is 0 Å². The molecule has 22 heavy (non-hydrogen) atoms. The second-order valence-corrected chi connectivity index (χ2v) is 6.78.